The molecule has 0 radical (unpaired) electrons. The molecule has 3 aromatic rings. The molecule has 0 spiro atoms. The van der Waals surface area contributed by atoms with E-state index in [1.165, 1.54) is 24.3 Å². The molecule has 162 valence electrons. The van der Waals surface area contributed by atoms with Gasteiger partial charge in [0.15, 0.2) is 0 Å². The van der Waals surface area contributed by atoms with Gasteiger partial charge in [-0.15, -0.1) is 0 Å². The first-order valence-corrected chi connectivity index (χ1v) is 9.52. The molecule has 0 aliphatic heterocycles. The van der Waals surface area contributed by atoms with E-state index in [2.05, 4.69) is 20.6 Å². The summed E-state index contributed by atoms with van der Waals surface area (Å²) >= 11 is 11.8. The first kappa shape index (κ1) is 22.6. The van der Waals surface area contributed by atoms with Crippen LogP contribution in [0.25, 0.3) is 0 Å². The van der Waals surface area contributed by atoms with Crippen molar-refractivity contribution in [1.82, 2.24) is 9.97 Å². The molecule has 0 fully saturated rings. The van der Waals surface area contributed by atoms with Crippen molar-refractivity contribution in [3.63, 3.8) is 0 Å². The number of hydrogen-bond acceptors (Lipinski definition) is 6. The molecule has 2 N–H and O–H groups in total. The second-order valence-electron chi connectivity index (χ2n) is 6.31. The van der Waals surface area contributed by atoms with Gasteiger partial charge in [0, 0.05) is 30.6 Å². The van der Waals surface area contributed by atoms with Gasteiger partial charge >= 0.3 is 6.18 Å². The van der Waals surface area contributed by atoms with E-state index in [-0.39, 0.29) is 23.2 Å². The summed E-state index contributed by atoms with van der Waals surface area (Å²) in [5.74, 6) is -0.462. The highest BCUT2D eigenvalue weighted by molar-refractivity contribution is 6.42. The largest absolute Gasteiger partial charge is 0.421 e. The zero-order chi connectivity index (χ0) is 22.6. The summed E-state index contributed by atoms with van der Waals surface area (Å²) in [6.45, 7) is 0.115. The predicted octanol–water partition coefficient (Wildman–Crippen LogP) is 6.11. The first-order valence-electron chi connectivity index (χ1n) is 8.77. The fourth-order valence-electron chi connectivity index (χ4n) is 2.60. The lowest BCUT2D eigenvalue weighted by atomic mass is 10.1. The molecule has 0 aliphatic rings. The van der Waals surface area contributed by atoms with Crippen LogP contribution >= 0.6 is 23.2 Å². The molecule has 12 heteroatoms. The Bertz CT molecular complexity index is 1090. The van der Waals surface area contributed by atoms with E-state index in [9.17, 15) is 23.3 Å². The first-order chi connectivity index (χ1) is 14.6. The second-order valence-corrected chi connectivity index (χ2v) is 7.12. The van der Waals surface area contributed by atoms with Crippen LogP contribution in [0.1, 0.15) is 11.1 Å². The van der Waals surface area contributed by atoms with Crippen molar-refractivity contribution in [1.29, 1.82) is 0 Å². The third-order valence-corrected chi connectivity index (χ3v) is 4.86. The van der Waals surface area contributed by atoms with Crippen LogP contribution < -0.4 is 10.6 Å². The van der Waals surface area contributed by atoms with Gasteiger partial charge in [-0.05, 0) is 30.2 Å². The minimum atomic E-state index is -4.65. The summed E-state index contributed by atoms with van der Waals surface area (Å²) in [6.07, 6.45) is -3.65. The van der Waals surface area contributed by atoms with Gasteiger partial charge in [0.05, 0.1) is 15.0 Å². The maximum Gasteiger partial charge on any atom is 0.421 e. The Hall–Kier alpha value is -3.11. The lowest BCUT2D eigenvalue weighted by Gasteiger charge is -2.15. The molecule has 3 rings (SSSR count). The van der Waals surface area contributed by atoms with Gasteiger partial charge in [-0.1, -0.05) is 35.3 Å². The van der Waals surface area contributed by atoms with Gasteiger partial charge in [0.2, 0.25) is 5.95 Å². The van der Waals surface area contributed by atoms with Gasteiger partial charge < -0.3 is 10.6 Å². The molecule has 2 aromatic carbocycles. The maximum absolute atomic E-state index is 13.3. The minimum absolute atomic E-state index is 0.0649. The van der Waals surface area contributed by atoms with E-state index in [4.69, 9.17) is 23.2 Å². The van der Waals surface area contributed by atoms with Gasteiger partial charge in [-0.3, -0.25) is 10.1 Å². The lowest BCUT2D eigenvalue weighted by Crippen LogP contribution is -2.16. The number of nitro groups is 1. The third-order valence-electron chi connectivity index (χ3n) is 4.12. The van der Waals surface area contributed by atoms with Gasteiger partial charge in [0.1, 0.15) is 11.4 Å². The number of nitro benzene ring substituents is 1. The lowest BCUT2D eigenvalue weighted by molar-refractivity contribution is -0.384. The van der Waals surface area contributed by atoms with Crippen LogP contribution in [0.3, 0.4) is 0 Å². The average molecular weight is 472 g/mol. The number of benzene rings is 2. The van der Waals surface area contributed by atoms with Crippen molar-refractivity contribution >= 4 is 46.3 Å². The van der Waals surface area contributed by atoms with Crippen molar-refractivity contribution in [3.05, 3.63) is 79.9 Å². The zero-order valence-corrected chi connectivity index (χ0v) is 17.1. The highest BCUT2D eigenvalue weighted by atomic mass is 35.5. The van der Waals surface area contributed by atoms with Crippen molar-refractivity contribution in [2.24, 2.45) is 0 Å². The average Bonchev–Trinajstić information content (AvgIpc) is 2.70. The maximum atomic E-state index is 13.3. The molecule has 7 nitrogen and oxygen atoms in total. The van der Waals surface area contributed by atoms with E-state index in [1.807, 2.05) is 0 Å². The number of non-ortho nitro benzene ring substituents is 1. The molecule has 0 saturated carbocycles. The topological polar surface area (TPSA) is 93.0 Å². The van der Waals surface area contributed by atoms with Crippen molar-refractivity contribution in [2.75, 3.05) is 17.2 Å². The zero-order valence-electron chi connectivity index (χ0n) is 15.6. The Morgan fingerprint density at radius 3 is 2.39 bits per heavy atom. The Kier molecular flexibility index (Phi) is 6.81. The molecule has 31 heavy (non-hydrogen) atoms. The van der Waals surface area contributed by atoms with Crippen molar-refractivity contribution in [2.45, 2.75) is 12.6 Å². The number of aromatic nitrogens is 2. The second kappa shape index (κ2) is 9.36. The van der Waals surface area contributed by atoms with Gasteiger partial charge in [-0.2, -0.15) is 18.2 Å². The summed E-state index contributed by atoms with van der Waals surface area (Å²) in [7, 11) is 0. The van der Waals surface area contributed by atoms with Crippen molar-refractivity contribution < 1.29 is 18.1 Å². The molecule has 0 atom stereocenters. The number of alkyl halides is 3. The number of nitrogens with one attached hydrogen (secondary N) is 2. The Balaban J connectivity index is 1.75. The highest BCUT2D eigenvalue weighted by Crippen LogP contribution is 2.34. The third kappa shape index (κ3) is 5.96. The molecule has 0 aliphatic carbocycles. The Morgan fingerprint density at radius 2 is 1.77 bits per heavy atom. The van der Waals surface area contributed by atoms with Crippen molar-refractivity contribution in [3.8, 4) is 0 Å². The van der Waals surface area contributed by atoms with Gasteiger partial charge in [0.25, 0.3) is 5.69 Å². The van der Waals surface area contributed by atoms with Crippen LogP contribution in [0.2, 0.25) is 10.0 Å². The molecule has 1 heterocycles. The van der Waals surface area contributed by atoms with Crippen LogP contribution in [0, 0.1) is 10.1 Å². The molecular formula is C19H14Cl2F3N5O2. The number of halogens is 5. The van der Waals surface area contributed by atoms with Gasteiger partial charge in [-0.25, -0.2) is 4.98 Å². The van der Waals surface area contributed by atoms with E-state index >= 15 is 0 Å². The van der Waals surface area contributed by atoms with E-state index in [0.29, 0.717) is 23.3 Å². The number of hydrogen-bond donors (Lipinski definition) is 2. The quantitative estimate of drug-likeness (QED) is 0.319. The minimum Gasteiger partial charge on any atom is -0.369 e. The number of rotatable bonds is 7. The summed E-state index contributed by atoms with van der Waals surface area (Å²) in [4.78, 5) is 17.8. The van der Waals surface area contributed by atoms with Crippen LogP contribution in [0.4, 0.5) is 36.3 Å². The monoisotopic (exact) mass is 471 g/mol. The van der Waals surface area contributed by atoms with Crippen LogP contribution in [-0.2, 0) is 12.6 Å². The molecular weight excluding hydrogens is 458 g/mol. The Morgan fingerprint density at radius 1 is 1.06 bits per heavy atom. The van der Waals surface area contributed by atoms with Crippen LogP contribution in [0.15, 0.2) is 48.7 Å². The summed E-state index contributed by atoms with van der Waals surface area (Å²) < 4.78 is 40.0. The van der Waals surface area contributed by atoms with Crippen LogP contribution in [-0.4, -0.2) is 21.4 Å². The van der Waals surface area contributed by atoms with Crippen LogP contribution in [0.5, 0.6) is 0 Å². The number of nitrogens with zero attached hydrogens (tertiary/aromatic N) is 3. The summed E-state index contributed by atoms with van der Waals surface area (Å²) in [5.41, 5.74) is 0.0848. The van der Waals surface area contributed by atoms with E-state index in [1.54, 1.807) is 18.2 Å². The predicted molar refractivity (Wildman–Crippen MR) is 112 cm³/mol. The molecule has 0 amide bonds. The SMILES string of the molecule is O=[N+]([O-])c1ccc(CCNc2nc(Nc3ccc(Cl)c(Cl)c3)ncc2C(F)(F)F)cc1. The normalized spacial score (nSPS) is 11.3. The number of anilines is 3. The Labute approximate surface area is 184 Å². The molecule has 0 bridgehead atoms. The fraction of sp³-hybridized carbons (Fsp3) is 0.158. The molecule has 1 aromatic heterocycles. The van der Waals surface area contributed by atoms with E-state index < -0.39 is 22.5 Å². The standard InChI is InChI=1S/C19H14Cl2F3N5O2/c20-15-6-3-12(9-16(15)21)27-18-26-10-14(19(22,23)24)17(28-18)25-8-7-11-1-4-13(5-2-11)29(30)31/h1-6,9-10H,7-8H2,(H2,25,26,27,28). The molecule has 0 unspecified atom stereocenters. The fourth-order valence-corrected chi connectivity index (χ4v) is 2.89. The summed E-state index contributed by atoms with van der Waals surface area (Å²) in [6, 6.07) is 10.4. The van der Waals surface area contributed by atoms with E-state index in [0.717, 1.165) is 5.56 Å². The summed E-state index contributed by atoms with van der Waals surface area (Å²) in [5, 5.41) is 16.7. The molecule has 0 saturated heterocycles. The highest BCUT2D eigenvalue weighted by Gasteiger charge is 2.35. The smallest absolute Gasteiger partial charge is 0.369 e.